The van der Waals surface area contributed by atoms with Crippen LogP contribution in [0.2, 0.25) is 0 Å². The third kappa shape index (κ3) is 4.22. The molecule has 0 bridgehead atoms. The number of benzene rings is 1. The van der Waals surface area contributed by atoms with Crippen LogP contribution in [0.25, 0.3) is 0 Å². The van der Waals surface area contributed by atoms with Crippen LogP contribution in [-0.4, -0.2) is 53.4 Å². The number of nitrogens with zero attached hydrogens (tertiary/aromatic N) is 1. The third-order valence-electron chi connectivity index (χ3n) is 4.48. The maximum Gasteiger partial charge on any atom is 0.0917 e. The second-order valence-corrected chi connectivity index (χ2v) is 7.18. The molecule has 0 aliphatic carbocycles. The van der Waals surface area contributed by atoms with E-state index in [2.05, 4.69) is 4.90 Å². The molecule has 1 N–H and O–H groups in total. The maximum atomic E-state index is 10.5. The SMILES string of the molecule is OC(CN(CC1CCCO1)C1CCSC1)c1ccccc1. The minimum absolute atomic E-state index is 0.360. The predicted molar refractivity (Wildman–Crippen MR) is 87.7 cm³/mol. The van der Waals surface area contributed by atoms with Gasteiger partial charge >= 0.3 is 0 Å². The Morgan fingerprint density at radius 3 is 2.81 bits per heavy atom. The molecule has 3 atom stereocenters. The van der Waals surface area contributed by atoms with Crippen molar-refractivity contribution in [3.8, 4) is 0 Å². The first-order chi connectivity index (χ1) is 10.3. The van der Waals surface area contributed by atoms with E-state index in [4.69, 9.17) is 4.74 Å². The van der Waals surface area contributed by atoms with Gasteiger partial charge in [-0.1, -0.05) is 30.3 Å². The average molecular weight is 307 g/mol. The Hall–Kier alpha value is -0.550. The number of aliphatic hydroxyl groups excluding tert-OH is 1. The zero-order valence-corrected chi connectivity index (χ0v) is 13.3. The standard InChI is InChI=1S/C17H25NO2S/c19-17(14-5-2-1-3-6-14)12-18(15-8-10-21-13-15)11-16-7-4-9-20-16/h1-3,5-6,15-17,19H,4,7-13H2. The lowest BCUT2D eigenvalue weighted by Gasteiger charge is -2.32. The summed E-state index contributed by atoms with van der Waals surface area (Å²) in [5.41, 5.74) is 1.01. The molecule has 1 aromatic carbocycles. The fourth-order valence-corrected chi connectivity index (χ4v) is 4.49. The van der Waals surface area contributed by atoms with Crippen molar-refractivity contribution >= 4 is 11.8 Å². The highest BCUT2D eigenvalue weighted by Crippen LogP contribution is 2.26. The topological polar surface area (TPSA) is 32.7 Å². The first-order valence-corrected chi connectivity index (χ1v) is 9.15. The van der Waals surface area contributed by atoms with Gasteiger partial charge in [0.05, 0.1) is 12.2 Å². The van der Waals surface area contributed by atoms with Crippen molar-refractivity contribution in [3.63, 3.8) is 0 Å². The molecule has 3 rings (SSSR count). The van der Waals surface area contributed by atoms with Crippen LogP contribution in [0.3, 0.4) is 0 Å². The van der Waals surface area contributed by atoms with Crippen LogP contribution in [-0.2, 0) is 4.74 Å². The Bertz CT molecular complexity index is 416. The highest BCUT2D eigenvalue weighted by atomic mass is 32.2. The number of ether oxygens (including phenoxy) is 1. The molecular formula is C17H25NO2S. The third-order valence-corrected chi connectivity index (χ3v) is 5.62. The van der Waals surface area contributed by atoms with Crippen molar-refractivity contribution in [1.29, 1.82) is 0 Å². The summed E-state index contributed by atoms with van der Waals surface area (Å²) in [7, 11) is 0. The highest BCUT2D eigenvalue weighted by molar-refractivity contribution is 7.99. The predicted octanol–water partition coefficient (Wildman–Crippen LogP) is 2.71. The highest BCUT2D eigenvalue weighted by Gasteiger charge is 2.28. The molecule has 2 heterocycles. The van der Waals surface area contributed by atoms with E-state index in [9.17, 15) is 5.11 Å². The molecule has 21 heavy (non-hydrogen) atoms. The summed E-state index contributed by atoms with van der Waals surface area (Å²) < 4.78 is 5.80. The van der Waals surface area contributed by atoms with Gasteiger partial charge in [0, 0.05) is 31.5 Å². The lowest BCUT2D eigenvalue weighted by Crippen LogP contribution is -2.42. The minimum Gasteiger partial charge on any atom is -0.387 e. The molecule has 3 nitrogen and oxygen atoms in total. The Morgan fingerprint density at radius 2 is 2.14 bits per heavy atom. The Morgan fingerprint density at radius 1 is 1.29 bits per heavy atom. The summed E-state index contributed by atoms with van der Waals surface area (Å²) in [6.45, 7) is 2.59. The second-order valence-electron chi connectivity index (χ2n) is 6.03. The van der Waals surface area contributed by atoms with Gasteiger partial charge in [-0.2, -0.15) is 11.8 Å². The van der Waals surface area contributed by atoms with E-state index in [1.807, 2.05) is 42.1 Å². The van der Waals surface area contributed by atoms with Crippen molar-refractivity contribution < 1.29 is 9.84 Å². The molecule has 4 heteroatoms. The molecule has 0 saturated carbocycles. The van der Waals surface area contributed by atoms with Crippen LogP contribution in [0.15, 0.2) is 30.3 Å². The number of hydrogen-bond donors (Lipinski definition) is 1. The normalized spacial score (nSPS) is 27.3. The summed E-state index contributed by atoms with van der Waals surface area (Å²) >= 11 is 2.03. The molecule has 0 radical (unpaired) electrons. The van der Waals surface area contributed by atoms with E-state index >= 15 is 0 Å². The molecule has 0 aromatic heterocycles. The first-order valence-electron chi connectivity index (χ1n) is 7.99. The van der Waals surface area contributed by atoms with Crippen molar-refractivity contribution in [2.45, 2.75) is 37.5 Å². The van der Waals surface area contributed by atoms with E-state index in [0.717, 1.165) is 31.7 Å². The van der Waals surface area contributed by atoms with Gasteiger partial charge in [0.25, 0.3) is 0 Å². The smallest absolute Gasteiger partial charge is 0.0917 e. The molecule has 1 aromatic rings. The summed E-state index contributed by atoms with van der Waals surface area (Å²) in [6, 6.07) is 10.6. The van der Waals surface area contributed by atoms with E-state index in [-0.39, 0.29) is 0 Å². The van der Waals surface area contributed by atoms with Crippen LogP contribution in [0.1, 0.15) is 30.9 Å². The van der Waals surface area contributed by atoms with Crippen molar-refractivity contribution in [1.82, 2.24) is 4.90 Å². The maximum absolute atomic E-state index is 10.5. The zero-order valence-electron chi connectivity index (χ0n) is 12.5. The second kappa shape index (κ2) is 7.63. The van der Waals surface area contributed by atoms with Gasteiger partial charge in [-0.15, -0.1) is 0 Å². The Kier molecular flexibility index (Phi) is 5.58. The largest absolute Gasteiger partial charge is 0.387 e. The molecule has 2 fully saturated rings. The van der Waals surface area contributed by atoms with Gasteiger partial charge in [0.2, 0.25) is 0 Å². The van der Waals surface area contributed by atoms with Crippen LogP contribution in [0.4, 0.5) is 0 Å². The molecule has 2 aliphatic rings. The summed E-state index contributed by atoms with van der Waals surface area (Å²) in [6.07, 6.45) is 3.53. The quantitative estimate of drug-likeness (QED) is 0.876. The van der Waals surface area contributed by atoms with Crippen LogP contribution >= 0.6 is 11.8 Å². The Balaban J connectivity index is 1.63. The molecule has 2 aliphatic heterocycles. The van der Waals surface area contributed by atoms with E-state index in [1.165, 1.54) is 24.3 Å². The molecule has 2 saturated heterocycles. The number of rotatable bonds is 6. The van der Waals surface area contributed by atoms with Crippen molar-refractivity contribution in [2.75, 3.05) is 31.2 Å². The van der Waals surface area contributed by atoms with Crippen LogP contribution < -0.4 is 0 Å². The molecule has 0 amide bonds. The molecule has 3 unspecified atom stereocenters. The first kappa shape index (κ1) is 15.3. The summed E-state index contributed by atoms with van der Waals surface area (Å²) in [5, 5.41) is 10.5. The minimum atomic E-state index is -0.404. The average Bonchev–Trinajstić information content (AvgIpc) is 3.21. The van der Waals surface area contributed by atoms with Gasteiger partial charge in [-0.25, -0.2) is 0 Å². The molecular weight excluding hydrogens is 282 g/mol. The van der Waals surface area contributed by atoms with Crippen molar-refractivity contribution in [2.24, 2.45) is 0 Å². The number of aliphatic hydroxyl groups is 1. The van der Waals surface area contributed by atoms with Gasteiger partial charge < -0.3 is 9.84 Å². The Labute approximate surface area is 131 Å². The number of hydrogen-bond acceptors (Lipinski definition) is 4. The monoisotopic (exact) mass is 307 g/mol. The summed E-state index contributed by atoms with van der Waals surface area (Å²) in [4.78, 5) is 2.47. The molecule has 116 valence electrons. The van der Waals surface area contributed by atoms with Crippen molar-refractivity contribution in [3.05, 3.63) is 35.9 Å². The fourth-order valence-electron chi connectivity index (χ4n) is 3.24. The van der Waals surface area contributed by atoms with Crippen LogP contribution in [0.5, 0.6) is 0 Å². The number of thioether (sulfide) groups is 1. The van der Waals surface area contributed by atoms with Gasteiger partial charge in [0.1, 0.15) is 0 Å². The lowest BCUT2D eigenvalue weighted by atomic mass is 10.1. The fraction of sp³-hybridized carbons (Fsp3) is 0.647. The van der Waals surface area contributed by atoms with Gasteiger partial charge in [0.15, 0.2) is 0 Å². The zero-order chi connectivity index (χ0) is 14.5. The van der Waals surface area contributed by atoms with E-state index < -0.39 is 6.10 Å². The lowest BCUT2D eigenvalue weighted by molar-refractivity contribution is 0.0344. The summed E-state index contributed by atoms with van der Waals surface area (Å²) in [5.74, 6) is 2.43. The van der Waals surface area contributed by atoms with E-state index in [0.29, 0.717) is 12.1 Å². The van der Waals surface area contributed by atoms with Gasteiger partial charge in [-0.05, 0) is 30.6 Å². The van der Waals surface area contributed by atoms with E-state index in [1.54, 1.807) is 0 Å². The van der Waals surface area contributed by atoms with Crippen LogP contribution in [0, 0.1) is 0 Å². The van der Waals surface area contributed by atoms with Gasteiger partial charge in [-0.3, -0.25) is 4.90 Å². The molecule has 0 spiro atoms.